The Morgan fingerprint density at radius 1 is 1.11 bits per heavy atom. The molecule has 0 heterocycles. The molecule has 0 bridgehead atoms. The number of amides is 1. The molecule has 0 aromatic heterocycles. The molecule has 0 saturated carbocycles. The average molecular weight is 408 g/mol. The molecule has 0 spiro atoms. The highest BCUT2D eigenvalue weighted by Gasteiger charge is 2.28. The van der Waals surface area contributed by atoms with Crippen molar-refractivity contribution in [1.29, 1.82) is 0 Å². The van der Waals surface area contributed by atoms with E-state index in [1.165, 1.54) is 18.2 Å². The van der Waals surface area contributed by atoms with Crippen LogP contribution in [0.3, 0.4) is 0 Å². The van der Waals surface area contributed by atoms with Crippen molar-refractivity contribution in [2.45, 2.75) is 32.6 Å². The van der Waals surface area contributed by atoms with Crippen LogP contribution in [-0.2, 0) is 14.8 Å². The summed E-state index contributed by atoms with van der Waals surface area (Å²) in [4.78, 5) is 12.4. The molecule has 6 nitrogen and oxygen atoms in total. The summed E-state index contributed by atoms with van der Waals surface area (Å²) in [5, 5.41) is 4.22. The quantitative estimate of drug-likeness (QED) is 0.586. The van der Waals surface area contributed by atoms with Gasteiger partial charge in [-0.15, -0.1) is 0 Å². The summed E-state index contributed by atoms with van der Waals surface area (Å²) in [5.41, 5.74) is 4.96. The van der Waals surface area contributed by atoms with Gasteiger partial charge in [0.25, 0.3) is 15.9 Å². The topological polar surface area (TPSA) is 78.8 Å². The van der Waals surface area contributed by atoms with Crippen LogP contribution in [0.4, 0.5) is 5.69 Å². The number of carbonyl (C=O) groups is 1. The number of hydrogen-bond donors (Lipinski definition) is 1. The molecular weight excluding hydrogens is 386 g/mol. The maximum Gasteiger partial charge on any atom is 0.264 e. The van der Waals surface area contributed by atoms with Crippen molar-refractivity contribution in [1.82, 2.24) is 5.43 Å². The van der Waals surface area contributed by atoms with E-state index in [1.807, 2.05) is 6.92 Å². The first kappa shape index (κ1) is 20.9. The van der Waals surface area contributed by atoms with Gasteiger partial charge in [0, 0.05) is 10.7 Å². The van der Waals surface area contributed by atoms with Crippen LogP contribution in [0.2, 0.25) is 5.02 Å². The number of hydrazone groups is 1. The minimum absolute atomic E-state index is 0.0930. The van der Waals surface area contributed by atoms with Crippen molar-refractivity contribution in [3.05, 3.63) is 58.6 Å². The highest BCUT2D eigenvalue weighted by molar-refractivity contribution is 7.92. The summed E-state index contributed by atoms with van der Waals surface area (Å²) >= 11 is 6.07. The van der Waals surface area contributed by atoms with Crippen LogP contribution in [0.5, 0.6) is 0 Å². The van der Waals surface area contributed by atoms with Crippen LogP contribution in [-0.4, -0.2) is 26.6 Å². The zero-order chi connectivity index (χ0) is 20.2. The molecule has 0 aliphatic heterocycles. The summed E-state index contributed by atoms with van der Waals surface area (Å²) < 4.78 is 27.5. The minimum atomic E-state index is -3.98. The maximum atomic E-state index is 13.2. The summed E-state index contributed by atoms with van der Waals surface area (Å²) in [6.07, 6.45) is 0. The minimum Gasteiger partial charge on any atom is -0.271 e. The number of anilines is 1. The zero-order valence-corrected chi connectivity index (χ0v) is 17.2. The van der Waals surface area contributed by atoms with Gasteiger partial charge in [0.05, 0.1) is 10.6 Å². The molecule has 2 rings (SSSR count). The van der Waals surface area contributed by atoms with Gasteiger partial charge in [-0.2, -0.15) is 5.10 Å². The smallest absolute Gasteiger partial charge is 0.264 e. The largest absolute Gasteiger partial charge is 0.271 e. The molecule has 27 heavy (non-hydrogen) atoms. The highest BCUT2D eigenvalue weighted by atomic mass is 35.5. The Balaban J connectivity index is 2.52. The molecule has 0 radical (unpaired) electrons. The Morgan fingerprint density at radius 3 is 2.33 bits per heavy atom. The van der Waals surface area contributed by atoms with Crippen molar-refractivity contribution < 1.29 is 13.2 Å². The van der Waals surface area contributed by atoms with Crippen LogP contribution < -0.4 is 9.73 Å². The van der Waals surface area contributed by atoms with Crippen LogP contribution in [0.15, 0.2) is 52.5 Å². The number of carbonyl (C=O) groups excluding carboxylic acids is 1. The van der Waals surface area contributed by atoms with Crippen molar-refractivity contribution in [2.24, 2.45) is 5.10 Å². The third kappa shape index (κ3) is 5.30. The normalized spacial score (nSPS) is 11.0. The fourth-order valence-corrected chi connectivity index (χ4v) is 3.97. The summed E-state index contributed by atoms with van der Waals surface area (Å²) in [7, 11) is -3.98. The first-order valence-corrected chi connectivity index (χ1v) is 10.1. The van der Waals surface area contributed by atoms with Crippen LogP contribution >= 0.6 is 11.6 Å². The molecule has 0 fully saturated rings. The second-order valence-corrected chi connectivity index (χ2v) is 8.65. The Labute approximate surface area is 164 Å². The standard InChI is InChI=1S/C19H22ClN3O3S/c1-13(2)21-22-19(24)12-23(18-11-16(20)8-7-15(18)4)27(25,26)17-9-5-14(3)6-10-17/h5-11H,12H2,1-4H3,(H,22,24). The lowest BCUT2D eigenvalue weighted by molar-refractivity contribution is -0.119. The molecular formula is C19H22ClN3O3S. The molecule has 0 aliphatic carbocycles. The van der Waals surface area contributed by atoms with Crippen molar-refractivity contribution in [3.63, 3.8) is 0 Å². The third-order valence-corrected chi connectivity index (χ3v) is 5.75. The second-order valence-electron chi connectivity index (χ2n) is 6.35. The lowest BCUT2D eigenvalue weighted by Gasteiger charge is -2.25. The molecule has 1 amide bonds. The zero-order valence-electron chi connectivity index (χ0n) is 15.7. The van der Waals surface area contributed by atoms with E-state index in [4.69, 9.17) is 11.6 Å². The molecule has 1 N–H and O–H groups in total. The number of benzene rings is 2. The Morgan fingerprint density at radius 2 is 1.74 bits per heavy atom. The molecule has 144 valence electrons. The van der Waals surface area contributed by atoms with Gasteiger partial charge in [-0.3, -0.25) is 9.10 Å². The first-order chi connectivity index (χ1) is 12.6. The molecule has 0 aliphatic rings. The lowest BCUT2D eigenvalue weighted by Crippen LogP contribution is -2.40. The second kappa shape index (κ2) is 8.54. The van der Waals surface area contributed by atoms with E-state index in [2.05, 4.69) is 10.5 Å². The number of rotatable bonds is 6. The van der Waals surface area contributed by atoms with E-state index in [1.54, 1.807) is 45.0 Å². The van der Waals surface area contributed by atoms with Gasteiger partial charge in [-0.05, 0) is 57.5 Å². The lowest BCUT2D eigenvalue weighted by atomic mass is 10.2. The number of halogens is 1. The van der Waals surface area contributed by atoms with E-state index < -0.39 is 22.5 Å². The fourth-order valence-electron chi connectivity index (χ4n) is 2.33. The predicted molar refractivity (Wildman–Crippen MR) is 109 cm³/mol. The van der Waals surface area contributed by atoms with Gasteiger partial charge in [0.2, 0.25) is 0 Å². The monoisotopic (exact) mass is 407 g/mol. The number of sulfonamides is 1. The predicted octanol–water partition coefficient (Wildman–Crippen LogP) is 3.66. The first-order valence-electron chi connectivity index (χ1n) is 8.26. The number of aryl methyl sites for hydroxylation is 2. The SMILES string of the molecule is CC(C)=NNC(=O)CN(c1cc(Cl)ccc1C)S(=O)(=O)c1ccc(C)cc1. The highest BCUT2D eigenvalue weighted by Crippen LogP contribution is 2.29. The van der Waals surface area contributed by atoms with Crippen molar-refractivity contribution in [2.75, 3.05) is 10.8 Å². The van der Waals surface area contributed by atoms with Crippen molar-refractivity contribution >= 4 is 38.9 Å². The Bertz CT molecular complexity index is 966. The molecule has 2 aromatic carbocycles. The van der Waals surface area contributed by atoms with Gasteiger partial charge in [-0.1, -0.05) is 35.4 Å². The van der Waals surface area contributed by atoms with Crippen LogP contribution in [0, 0.1) is 13.8 Å². The summed E-state index contributed by atoms with van der Waals surface area (Å²) in [6.45, 7) is 6.65. The van der Waals surface area contributed by atoms with E-state index in [9.17, 15) is 13.2 Å². The van der Waals surface area contributed by atoms with Gasteiger partial charge in [-0.25, -0.2) is 13.8 Å². The van der Waals surface area contributed by atoms with E-state index in [0.717, 1.165) is 9.87 Å². The van der Waals surface area contributed by atoms with Gasteiger partial charge < -0.3 is 0 Å². The number of nitrogens with one attached hydrogen (secondary N) is 1. The van der Waals surface area contributed by atoms with Gasteiger partial charge >= 0.3 is 0 Å². The van der Waals surface area contributed by atoms with Crippen molar-refractivity contribution in [3.8, 4) is 0 Å². The number of nitrogens with zero attached hydrogens (tertiary/aromatic N) is 2. The molecule has 0 unspecified atom stereocenters. The summed E-state index contributed by atoms with van der Waals surface area (Å²) in [5.74, 6) is -0.550. The van der Waals surface area contributed by atoms with Crippen LogP contribution in [0.1, 0.15) is 25.0 Å². The van der Waals surface area contributed by atoms with Crippen LogP contribution in [0.25, 0.3) is 0 Å². The summed E-state index contributed by atoms with van der Waals surface area (Å²) in [6, 6.07) is 11.4. The Hall–Kier alpha value is -2.38. The molecule has 2 aromatic rings. The van der Waals surface area contributed by atoms with E-state index >= 15 is 0 Å². The Kier molecular flexibility index (Phi) is 6.62. The fraction of sp³-hybridized carbons (Fsp3) is 0.263. The van der Waals surface area contributed by atoms with Gasteiger partial charge in [0.15, 0.2) is 0 Å². The third-order valence-electron chi connectivity index (χ3n) is 3.74. The maximum absolute atomic E-state index is 13.2. The van der Waals surface area contributed by atoms with Gasteiger partial charge in [0.1, 0.15) is 6.54 Å². The number of hydrogen-bond acceptors (Lipinski definition) is 4. The molecule has 8 heteroatoms. The van der Waals surface area contributed by atoms with E-state index in [-0.39, 0.29) is 4.90 Å². The molecule has 0 saturated heterocycles. The van der Waals surface area contributed by atoms with E-state index in [0.29, 0.717) is 22.0 Å². The average Bonchev–Trinajstić information content (AvgIpc) is 2.60. The molecule has 0 atom stereocenters.